The van der Waals surface area contributed by atoms with Gasteiger partial charge in [0.2, 0.25) is 0 Å². The molecule has 0 radical (unpaired) electrons. The number of hydrogen-bond acceptors (Lipinski definition) is 7. The summed E-state index contributed by atoms with van der Waals surface area (Å²) in [4.78, 5) is 33.5. The van der Waals surface area contributed by atoms with Gasteiger partial charge in [0.1, 0.15) is 0 Å². The lowest BCUT2D eigenvalue weighted by atomic mass is 10.0. The van der Waals surface area contributed by atoms with Gasteiger partial charge < -0.3 is 0 Å². The number of nitrogens with zero attached hydrogens (tertiary/aromatic N) is 7. The van der Waals surface area contributed by atoms with Gasteiger partial charge in [0, 0.05) is 74.8 Å². The van der Waals surface area contributed by atoms with Gasteiger partial charge in [-0.25, -0.2) is 9.97 Å². The molecule has 3 aromatic carbocycles. The Bertz CT molecular complexity index is 2450. The number of aromatic nitrogens is 7. The Morgan fingerprint density at radius 1 is 0.326 bits per heavy atom. The summed E-state index contributed by atoms with van der Waals surface area (Å²) in [6, 6.07) is 36.7. The summed E-state index contributed by atoms with van der Waals surface area (Å²) in [5.41, 5.74) is 9.65. The van der Waals surface area contributed by atoms with E-state index in [1.807, 2.05) is 60.9 Å². The van der Waals surface area contributed by atoms with Crippen molar-refractivity contribution in [1.29, 1.82) is 0 Å². The molecule has 0 saturated heterocycles. The minimum atomic E-state index is 0.612. The summed E-state index contributed by atoms with van der Waals surface area (Å²) in [6.45, 7) is 0. The normalized spacial score (nSPS) is 11.5. The third-order valence-electron chi connectivity index (χ3n) is 8.27. The highest BCUT2D eigenvalue weighted by Crippen LogP contribution is 2.32. The van der Waals surface area contributed by atoms with Gasteiger partial charge in [-0.2, -0.15) is 0 Å². The Morgan fingerprint density at radius 3 is 1.41 bits per heavy atom. The van der Waals surface area contributed by atoms with Crippen LogP contribution in [-0.4, -0.2) is 34.9 Å². The molecule has 0 unspecified atom stereocenters. The highest BCUT2D eigenvalue weighted by Gasteiger charge is 2.14. The van der Waals surface area contributed by atoms with E-state index in [1.165, 1.54) is 0 Å². The molecule has 46 heavy (non-hydrogen) atoms. The average molecular weight is 590 g/mol. The molecule has 0 atom stereocenters. The average Bonchev–Trinajstić information content (AvgIpc) is 3.14. The summed E-state index contributed by atoms with van der Waals surface area (Å²) in [6.07, 6.45) is 9.14. The smallest absolute Gasteiger partial charge is 0.160 e. The standard InChI is InChI=1S/C39H23N7/c1-2-16-40-32(7-1)24-8-12-27(13-9-24)39-45-33(30-19-28-14-10-25-5-3-17-41-35(25)37(28)43-22-30)21-34(46-39)31-20-29-15-11-26-6-4-18-42-36(26)38(29)44-23-31/h1-23H. The monoisotopic (exact) mass is 589 g/mol. The highest BCUT2D eigenvalue weighted by atomic mass is 14.9. The predicted molar refractivity (Wildman–Crippen MR) is 183 cm³/mol. The first-order chi connectivity index (χ1) is 22.8. The fourth-order valence-electron chi connectivity index (χ4n) is 5.95. The maximum absolute atomic E-state index is 5.06. The maximum Gasteiger partial charge on any atom is 0.160 e. The molecule has 0 aliphatic rings. The first-order valence-electron chi connectivity index (χ1n) is 15.0. The van der Waals surface area contributed by atoms with Crippen LogP contribution in [0.5, 0.6) is 0 Å². The minimum absolute atomic E-state index is 0.612. The number of benzene rings is 3. The van der Waals surface area contributed by atoms with Crippen LogP contribution in [0.3, 0.4) is 0 Å². The molecule has 9 aromatic rings. The van der Waals surface area contributed by atoms with Gasteiger partial charge in [0.15, 0.2) is 5.82 Å². The zero-order valence-corrected chi connectivity index (χ0v) is 24.4. The van der Waals surface area contributed by atoms with E-state index in [1.54, 1.807) is 18.6 Å². The van der Waals surface area contributed by atoms with E-state index >= 15 is 0 Å². The predicted octanol–water partition coefficient (Wildman–Crippen LogP) is 8.73. The van der Waals surface area contributed by atoms with E-state index in [0.717, 1.165) is 82.9 Å². The van der Waals surface area contributed by atoms with Crippen molar-refractivity contribution in [2.75, 3.05) is 0 Å². The van der Waals surface area contributed by atoms with E-state index in [4.69, 9.17) is 19.9 Å². The van der Waals surface area contributed by atoms with Crippen LogP contribution in [-0.2, 0) is 0 Å². The van der Waals surface area contributed by atoms with Gasteiger partial charge in [-0.05, 0) is 42.5 Å². The van der Waals surface area contributed by atoms with Crippen LogP contribution < -0.4 is 0 Å². The molecule has 0 aliphatic carbocycles. The number of hydrogen-bond donors (Lipinski definition) is 0. The van der Waals surface area contributed by atoms with Crippen LogP contribution in [0.2, 0.25) is 0 Å². The van der Waals surface area contributed by atoms with E-state index in [0.29, 0.717) is 5.82 Å². The van der Waals surface area contributed by atoms with Gasteiger partial charge >= 0.3 is 0 Å². The van der Waals surface area contributed by atoms with Crippen LogP contribution in [0, 0.1) is 0 Å². The van der Waals surface area contributed by atoms with E-state index in [-0.39, 0.29) is 0 Å². The third-order valence-corrected chi connectivity index (χ3v) is 8.27. The fraction of sp³-hybridized carbons (Fsp3) is 0. The molecule has 7 nitrogen and oxygen atoms in total. The van der Waals surface area contributed by atoms with Crippen LogP contribution in [0.15, 0.2) is 140 Å². The molecule has 0 fully saturated rings. The minimum Gasteiger partial charge on any atom is -0.256 e. The Kier molecular flexibility index (Phi) is 5.99. The molecule has 9 rings (SSSR count). The number of fused-ring (bicyclic) bond motifs is 6. The van der Waals surface area contributed by atoms with Crippen molar-refractivity contribution in [2.45, 2.75) is 0 Å². The van der Waals surface area contributed by atoms with Crippen molar-refractivity contribution in [3.05, 3.63) is 140 Å². The van der Waals surface area contributed by atoms with Gasteiger partial charge in [0.25, 0.3) is 0 Å². The van der Waals surface area contributed by atoms with E-state index in [9.17, 15) is 0 Å². The second-order valence-electron chi connectivity index (χ2n) is 11.1. The molecule has 0 saturated carbocycles. The largest absolute Gasteiger partial charge is 0.256 e. The van der Waals surface area contributed by atoms with Gasteiger partial charge in [0.05, 0.1) is 39.1 Å². The molecule has 6 heterocycles. The Balaban J connectivity index is 1.20. The first-order valence-corrected chi connectivity index (χ1v) is 15.0. The number of pyridine rings is 5. The van der Waals surface area contributed by atoms with Crippen molar-refractivity contribution in [1.82, 2.24) is 34.9 Å². The van der Waals surface area contributed by atoms with Gasteiger partial charge in [-0.15, -0.1) is 0 Å². The fourth-order valence-corrected chi connectivity index (χ4v) is 5.95. The molecular weight excluding hydrogens is 566 g/mol. The summed E-state index contributed by atoms with van der Waals surface area (Å²) in [5, 5.41) is 4.11. The van der Waals surface area contributed by atoms with Gasteiger partial charge in [-0.3, -0.25) is 24.9 Å². The van der Waals surface area contributed by atoms with E-state index in [2.05, 4.69) is 75.6 Å². The summed E-state index contributed by atoms with van der Waals surface area (Å²) in [7, 11) is 0. The lowest BCUT2D eigenvalue weighted by Gasteiger charge is -2.11. The Labute approximate surface area is 263 Å². The highest BCUT2D eigenvalue weighted by molar-refractivity contribution is 6.04. The summed E-state index contributed by atoms with van der Waals surface area (Å²) >= 11 is 0. The molecule has 0 spiro atoms. The van der Waals surface area contributed by atoms with Crippen molar-refractivity contribution < 1.29 is 0 Å². The zero-order valence-electron chi connectivity index (χ0n) is 24.4. The number of rotatable bonds is 4. The van der Waals surface area contributed by atoms with Crippen molar-refractivity contribution in [3.8, 4) is 45.2 Å². The molecule has 0 amide bonds. The van der Waals surface area contributed by atoms with Crippen LogP contribution in [0.25, 0.3) is 88.8 Å². The molecule has 0 bridgehead atoms. The Hall–Kier alpha value is -6.47. The molecular formula is C39H23N7. The SMILES string of the molecule is c1ccc(-c2ccc(-c3nc(-c4cnc5c(ccc6cccnc65)c4)cc(-c4cnc5c(ccc6cccnc65)c4)n3)cc2)nc1. The molecule has 0 aliphatic heterocycles. The summed E-state index contributed by atoms with van der Waals surface area (Å²) in [5.74, 6) is 0.612. The van der Waals surface area contributed by atoms with E-state index < -0.39 is 0 Å². The van der Waals surface area contributed by atoms with Crippen LogP contribution >= 0.6 is 0 Å². The quantitative estimate of drug-likeness (QED) is 0.190. The maximum atomic E-state index is 5.06. The van der Waals surface area contributed by atoms with Crippen molar-refractivity contribution in [2.24, 2.45) is 0 Å². The molecule has 7 heteroatoms. The van der Waals surface area contributed by atoms with Crippen molar-refractivity contribution >= 4 is 43.6 Å². The van der Waals surface area contributed by atoms with Crippen LogP contribution in [0.1, 0.15) is 0 Å². The molecule has 0 N–H and O–H groups in total. The first kappa shape index (κ1) is 26.0. The lowest BCUT2D eigenvalue weighted by Crippen LogP contribution is -1.97. The van der Waals surface area contributed by atoms with Gasteiger partial charge in [-0.1, -0.05) is 66.7 Å². The molecule has 6 aromatic heterocycles. The Morgan fingerprint density at radius 2 is 0.848 bits per heavy atom. The zero-order chi connectivity index (χ0) is 30.5. The summed E-state index contributed by atoms with van der Waals surface area (Å²) < 4.78 is 0. The van der Waals surface area contributed by atoms with Crippen molar-refractivity contribution in [3.63, 3.8) is 0 Å². The second kappa shape index (κ2) is 10.6. The second-order valence-corrected chi connectivity index (χ2v) is 11.1. The molecule has 214 valence electrons. The third kappa shape index (κ3) is 4.50. The topological polar surface area (TPSA) is 90.2 Å². The lowest BCUT2D eigenvalue weighted by molar-refractivity contribution is 1.18. The van der Waals surface area contributed by atoms with Crippen LogP contribution in [0.4, 0.5) is 0 Å².